The monoisotopic (exact) mass is 427 g/mol. The topological polar surface area (TPSA) is 20.3 Å². The molecule has 7 heteroatoms. The first-order chi connectivity index (χ1) is 9.82. The molecule has 2 nitrogen and oxygen atoms in total. The molecule has 1 heterocycles. The summed E-state index contributed by atoms with van der Waals surface area (Å²) in [7, 11) is 0. The number of amides is 1. The van der Waals surface area contributed by atoms with Crippen molar-refractivity contribution in [2.75, 3.05) is 18.4 Å². The van der Waals surface area contributed by atoms with Gasteiger partial charge in [-0.3, -0.25) is 4.79 Å². The van der Waals surface area contributed by atoms with E-state index >= 15 is 0 Å². The maximum Gasteiger partial charge on any atom is 0.417 e. The maximum absolute atomic E-state index is 12.9. The summed E-state index contributed by atoms with van der Waals surface area (Å²) in [4.78, 5) is 14.0. The fraction of sp³-hybridized carbons (Fsp3) is 0.500. The first-order valence-corrected chi connectivity index (χ1v) is 8.46. The van der Waals surface area contributed by atoms with Crippen LogP contribution < -0.4 is 0 Å². The standard InChI is InChI=1S/C14H14Br2F3NO/c15-5-3-9-4-6-20(8-9)13(21)10-1-2-12(16)11(7-10)14(17,18)19/h1-2,7,9H,3-6,8H2. The molecule has 1 fully saturated rings. The minimum atomic E-state index is -4.47. The van der Waals surface area contributed by atoms with E-state index in [2.05, 4.69) is 31.9 Å². The molecule has 116 valence electrons. The molecule has 1 aliphatic rings. The van der Waals surface area contributed by atoms with Crippen LogP contribution in [-0.2, 0) is 6.18 Å². The molecule has 1 amide bonds. The fourth-order valence-corrected chi connectivity index (χ4v) is 3.58. The zero-order chi connectivity index (χ0) is 15.6. The number of alkyl halides is 4. The van der Waals surface area contributed by atoms with Gasteiger partial charge in [-0.2, -0.15) is 13.2 Å². The quantitative estimate of drug-likeness (QED) is 0.638. The third-order valence-electron chi connectivity index (χ3n) is 3.61. The number of carbonyl (C=O) groups excluding carboxylic acids is 1. The normalized spacial score (nSPS) is 19.1. The van der Waals surface area contributed by atoms with Gasteiger partial charge in [-0.1, -0.05) is 31.9 Å². The van der Waals surface area contributed by atoms with E-state index in [0.717, 1.165) is 24.2 Å². The highest BCUT2D eigenvalue weighted by atomic mass is 79.9. The molecule has 0 radical (unpaired) electrons. The van der Waals surface area contributed by atoms with Crippen molar-refractivity contribution in [1.29, 1.82) is 0 Å². The number of benzene rings is 1. The molecule has 21 heavy (non-hydrogen) atoms. The van der Waals surface area contributed by atoms with Crippen LogP contribution in [0.25, 0.3) is 0 Å². The van der Waals surface area contributed by atoms with Gasteiger partial charge in [0.15, 0.2) is 0 Å². The lowest BCUT2D eigenvalue weighted by Crippen LogP contribution is -2.29. The Balaban J connectivity index is 2.17. The maximum atomic E-state index is 12.9. The van der Waals surface area contributed by atoms with E-state index < -0.39 is 11.7 Å². The lowest BCUT2D eigenvalue weighted by atomic mass is 10.1. The summed E-state index contributed by atoms with van der Waals surface area (Å²) in [6.07, 6.45) is -2.60. The van der Waals surface area contributed by atoms with Crippen molar-refractivity contribution in [3.63, 3.8) is 0 Å². The van der Waals surface area contributed by atoms with E-state index in [1.54, 1.807) is 4.90 Å². The van der Waals surface area contributed by atoms with Crippen LogP contribution >= 0.6 is 31.9 Å². The Morgan fingerprint density at radius 2 is 2.10 bits per heavy atom. The van der Waals surface area contributed by atoms with Crippen LogP contribution in [0.1, 0.15) is 28.8 Å². The third-order valence-corrected chi connectivity index (χ3v) is 4.76. The zero-order valence-electron chi connectivity index (χ0n) is 11.1. The molecule has 1 aromatic carbocycles. The van der Waals surface area contributed by atoms with E-state index in [4.69, 9.17) is 0 Å². The SMILES string of the molecule is O=C(c1ccc(Br)c(C(F)(F)F)c1)N1CCC(CCBr)C1. The van der Waals surface area contributed by atoms with E-state index in [9.17, 15) is 18.0 Å². The molecule has 2 rings (SSSR count). The minimum absolute atomic E-state index is 0.0508. The number of rotatable bonds is 3. The number of carbonyl (C=O) groups is 1. The van der Waals surface area contributed by atoms with Crippen LogP contribution in [-0.4, -0.2) is 29.2 Å². The van der Waals surface area contributed by atoms with Gasteiger partial charge in [-0.05, 0) is 37.0 Å². The largest absolute Gasteiger partial charge is 0.417 e. The lowest BCUT2D eigenvalue weighted by molar-refractivity contribution is -0.138. The van der Waals surface area contributed by atoms with Crippen LogP contribution in [0.15, 0.2) is 22.7 Å². The molecule has 1 atom stereocenters. The summed E-state index contributed by atoms with van der Waals surface area (Å²) in [6.45, 7) is 1.22. The van der Waals surface area contributed by atoms with E-state index in [-0.39, 0.29) is 15.9 Å². The van der Waals surface area contributed by atoms with Gasteiger partial charge in [0.05, 0.1) is 5.56 Å². The summed E-state index contributed by atoms with van der Waals surface area (Å²) in [5.41, 5.74) is -0.727. The Labute approximate surface area is 137 Å². The Morgan fingerprint density at radius 1 is 1.38 bits per heavy atom. The van der Waals surface area contributed by atoms with Crippen LogP contribution in [0, 0.1) is 5.92 Å². The predicted octanol–water partition coefficient (Wildman–Crippen LogP) is 4.72. The highest BCUT2D eigenvalue weighted by molar-refractivity contribution is 9.10. The van der Waals surface area contributed by atoms with Gasteiger partial charge in [0.1, 0.15) is 0 Å². The van der Waals surface area contributed by atoms with Crippen molar-refractivity contribution in [2.45, 2.75) is 19.0 Å². The van der Waals surface area contributed by atoms with Gasteiger partial charge in [0.2, 0.25) is 0 Å². The molecule has 0 aliphatic carbocycles. The van der Waals surface area contributed by atoms with Crippen LogP contribution in [0.3, 0.4) is 0 Å². The molecular formula is C14H14Br2F3NO. The van der Waals surface area contributed by atoms with E-state index in [1.807, 2.05) is 0 Å². The smallest absolute Gasteiger partial charge is 0.338 e. The summed E-state index contributed by atoms with van der Waals surface area (Å²) >= 11 is 6.25. The van der Waals surface area contributed by atoms with E-state index in [1.165, 1.54) is 12.1 Å². The summed E-state index contributed by atoms with van der Waals surface area (Å²) in [5.74, 6) is 0.0935. The number of hydrogen-bond acceptors (Lipinski definition) is 1. The first-order valence-electron chi connectivity index (χ1n) is 6.55. The molecule has 1 aromatic rings. The average molecular weight is 429 g/mol. The molecule has 1 saturated heterocycles. The van der Waals surface area contributed by atoms with Gasteiger partial charge >= 0.3 is 6.18 Å². The van der Waals surface area contributed by atoms with Crippen molar-refractivity contribution >= 4 is 37.8 Å². The van der Waals surface area contributed by atoms with Gasteiger partial charge in [-0.25, -0.2) is 0 Å². The molecule has 0 spiro atoms. The van der Waals surface area contributed by atoms with Gasteiger partial charge in [0, 0.05) is 28.5 Å². The molecule has 1 aliphatic heterocycles. The number of hydrogen-bond donors (Lipinski definition) is 0. The fourth-order valence-electron chi connectivity index (χ4n) is 2.47. The molecule has 0 bridgehead atoms. The van der Waals surface area contributed by atoms with Crippen LogP contribution in [0.4, 0.5) is 13.2 Å². The first kappa shape index (κ1) is 16.8. The zero-order valence-corrected chi connectivity index (χ0v) is 14.3. The summed E-state index contributed by atoms with van der Waals surface area (Å²) < 4.78 is 38.6. The Kier molecular flexibility index (Phi) is 5.35. The van der Waals surface area contributed by atoms with Crippen molar-refractivity contribution in [1.82, 2.24) is 4.90 Å². The highest BCUT2D eigenvalue weighted by Gasteiger charge is 2.34. The van der Waals surface area contributed by atoms with Gasteiger partial charge in [-0.15, -0.1) is 0 Å². The van der Waals surface area contributed by atoms with Crippen molar-refractivity contribution in [3.8, 4) is 0 Å². The number of likely N-dealkylation sites (tertiary alicyclic amines) is 1. The Morgan fingerprint density at radius 3 is 2.71 bits per heavy atom. The summed E-state index contributed by atoms with van der Waals surface area (Å²) in [6, 6.07) is 3.63. The highest BCUT2D eigenvalue weighted by Crippen LogP contribution is 2.35. The van der Waals surface area contributed by atoms with Gasteiger partial charge in [0.25, 0.3) is 5.91 Å². The van der Waals surface area contributed by atoms with Crippen molar-refractivity contribution in [3.05, 3.63) is 33.8 Å². The third kappa shape index (κ3) is 4.00. The predicted molar refractivity (Wildman–Crippen MR) is 81.6 cm³/mol. The van der Waals surface area contributed by atoms with Crippen LogP contribution in [0.5, 0.6) is 0 Å². The minimum Gasteiger partial charge on any atom is -0.338 e. The second kappa shape index (κ2) is 6.69. The Hall–Kier alpha value is -0.560. The number of halogens is 5. The molecule has 0 aromatic heterocycles. The van der Waals surface area contributed by atoms with Crippen molar-refractivity contribution in [2.24, 2.45) is 5.92 Å². The average Bonchev–Trinajstić information content (AvgIpc) is 2.86. The Bertz CT molecular complexity index is 533. The van der Waals surface area contributed by atoms with E-state index in [0.29, 0.717) is 19.0 Å². The lowest BCUT2D eigenvalue weighted by Gasteiger charge is -2.18. The number of nitrogens with zero attached hydrogens (tertiary/aromatic N) is 1. The van der Waals surface area contributed by atoms with Crippen molar-refractivity contribution < 1.29 is 18.0 Å². The second-order valence-corrected chi connectivity index (χ2v) is 6.72. The molecule has 0 N–H and O–H groups in total. The molecule has 0 saturated carbocycles. The molecule has 1 unspecified atom stereocenters. The molecular weight excluding hydrogens is 415 g/mol. The van der Waals surface area contributed by atoms with Gasteiger partial charge < -0.3 is 4.90 Å². The van der Waals surface area contributed by atoms with Crippen LogP contribution in [0.2, 0.25) is 0 Å². The summed E-state index contributed by atoms with van der Waals surface area (Å²) in [5, 5.41) is 0.871. The second-order valence-electron chi connectivity index (χ2n) is 5.08.